The van der Waals surface area contributed by atoms with Crippen molar-refractivity contribution in [2.24, 2.45) is 34.0 Å². The lowest BCUT2D eigenvalue weighted by molar-refractivity contribution is -0.369. The van der Waals surface area contributed by atoms with Crippen molar-refractivity contribution in [1.82, 2.24) is 0 Å². The van der Waals surface area contributed by atoms with Gasteiger partial charge < -0.3 is 43.4 Å². The molecular formula is C30H38O12. The van der Waals surface area contributed by atoms with Gasteiger partial charge in [-0.1, -0.05) is 20.8 Å². The third kappa shape index (κ3) is 2.53. The van der Waals surface area contributed by atoms with Gasteiger partial charge >= 0.3 is 17.9 Å². The number of furan rings is 1. The molecule has 13 atom stereocenters. The van der Waals surface area contributed by atoms with Crippen LogP contribution in [-0.4, -0.2) is 82.2 Å². The second kappa shape index (κ2) is 7.95. The molecule has 1 aromatic heterocycles. The van der Waals surface area contributed by atoms with Gasteiger partial charge in [0.15, 0.2) is 6.10 Å². The molecule has 42 heavy (non-hydrogen) atoms. The van der Waals surface area contributed by atoms with Crippen LogP contribution in [-0.2, 0) is 38.1 Å². The molecule has 0 unspecified atom stereocenters. The molecule has 0 aromatic carbocycles. The Morgan fingerprint density at radius 3 is 2.50 bits per heavy atom. The average molecular weight is 591 g/mol. The fourth-order valence-corrected chi connectivity index (χ4v) is 11.8. The summed E-state index contributed by atoms with van der Waals surface area (Å²) in [4.78, 5) is 39.5. The van der Waals surface area contributed by atoms with Crippen LogP contribution in [0.3, 0.4) is 0 Å². The quantitative estimate of drug-likeness (QED) is 0.333. The van der Waals surface area contributed by atoms with E-state index in [1.165, 1.54) is 26.6 Å². The van der Waals surface area contributed by atoms with Gasteiger partial charge in [-0.25, -0.2) is 4.79 Å². The summed E-state index contributed by atoms with van der Waals surface area (Å²) < 4.78 is 35.7. The summed E-state index contributed by atoms with van der Waals surface area (Å²) in [6.45, 7) is 6.67. The van der Waals surface area contributed by atoms with Crippen molar-refractivity contribution in [2.45, 2.75) is 94.3 Å². The second-order valence-corrected chi connectivity index (χ2v) is 14.0. The van der Waals surface area contributed by atoms with Crippen molar-refractivity contribution < 1.29 is 57.8 Å². The molecule has 4 aliphatic carbocycles. The first-order valence-corrected chi connectivity index (χ1v) is 14.4. The molecule has 6 aliphatic rings. The molecule has 1 aromatic rings. The van der Waals surface area contributed by atoms with Crippen LogP contribution in [0.15, 0.2) is 23.0 Å². The Balaban J connectivity index is 1.57. The molecule has 3 N–H and O–H groups in total. The molecule has 3 heterocycles. The highest BCUT2D eigenvalue weighted by Gasteiger charge is 3.00. The predicted octanol–water partition coefficient (Wildman–Crippen LogP) is 1.40. The first-order chi connectivity index (χ1) is 19.6. The summed E-state index contributed by atoms with van der Waals surface area (Å²) in [6, 6.07) is 1.70. The number of fused-ring (bicyclic) bond motifs is 2. The van der Waals surface area contributed by atoms with Gasteiger partial charge in [-0.2, -0.15) is 0 Å². The summed E-state index contributed by atoms with van der Waals surface area (Å²) in [5, 5.41) is 37.5. The number of hydrogen-bond donors (Lipinski definition) is 3. The molecule has 2 bridgehead atoms. The Bertz CT molecular complexity index is 1380. The van der Waals surface area contributed by atoms with E-state index in [1.807, 2.05) is 13.8 Å². The maximum atomic E-state index is 13.5. The zero-order valence-corrected chi connectivity index (χ0v) is 24.5. The number of esters is 3. The fraction of sp³-hybridized carbons (Fsp3) is 0.767. The molecule has 1 spiro atoms. The van der Waals surface area contributed by atoms with E-state index in [0.29, 0.717) is 18.4 Å². The molecule has 12 nitrogen and oxygen atoms in total. The molecule has 2 saturated heterocycles. The van der Waals surface area contributed by atoms with Gasteiger partial charge in [0.05, 0.1) is 32.0 Å². The minimum atomic E-state index is -1.98. The smallest absolute Gasteiger partial charge is 0.335 e. The molecule has 0 radical (unpaired) electrons. The summed E-state index contributed by atoms with van der Waals surface area (Å²) in [6.07, 6.45) is -0.776. The molecule has 7 rings (SSSR count). The maximum Gasteiger partial charge on any atom is 0.335 e. The number of aliphatic hydroxyl groups is 3. The minimum Gasteiger partial charge on any atom is -0.472 e. The lowest BCUT2D eigenvalue weighted by Crippen LogP contribution is -2.73. The number of carbonyl (C=O) groups excluding carboxylic acids is 3. The van der Waals surface area contributed by atoms with Gasteiger partial charge in [0.25, 0.3) is 0 Å². The Hall–Kier alpha value is -2.51. The van der Waals surface area contributed by atoms with E-state index in [4.69, 9.17) is 28.1 Å². The van der Waals surface area contributed by atoms with Crippen LogP contribution >= 0.6 is 0 Å². The SMILES string of the molecule is COC(=O)[C@H](O)[C@H]1[C@@]2(C)C[C@]3(OC(C)=O)[C@H]4[C@@](OC)(O[C@]56CC(=O)O[C@@H](c7ccoc7)[C@]5(C)CC[C@H]([C@]13C)[C@]46O)[C@H]2O. The summed E-state index contributed by atoms with van der Waals surface area (Å²) >= 11 is 0. The zero-order valence-electron chi connectivity index (χ0n) is 24.5. The van der Waals surface area contributed by atoms with Crippen molar-refractivity contribution in [1.29, 1.82) is 0 Å². The monoisotopic (exact) mass is 590 g/mol. The zero-order chi connectivity index (χ0) is 30.5. The van der Waals surface area contributed by atoms with Gasteiger partial charge in [-0.3, -0.25) is 9.59 Å². The Kier molecular flexibility index (Phi) is 5.35. The third-order valence-electron chi connectivity index (χ3n) is 12.8. The Labute approximate surface area is 242 Å². The highest BCUT2D eigenvalue weighted by atomic mass is 16.7. The van der Waals surface area contributed by atoms with E-state index in [1.54, 1.807) is 13.0 Å². The van der Waals surface area contributed by atoms with Crippen LogP contribution in [0.1, 0.15) is 65.0 Å². The van der Waals surface area contributed by atoms with Crippen molar-refractivity contribution in [2.75, 3.05) is 14.2 Å². The number of cyclic esters (lactones) is 1. The van der Waals surface area contributed by atoms with E-state index < -0.39 is 92.8 Å². The minimum absolute atomic E-state index is 0.0102. The van der Waals surface area contributed by atoms with Gasteiger partial charge in [0.2, 0.25) is 5.79 Å². The van der Waals surface area contributed by atoms with E-state index in [2.05, 4.69) is 0 Å². The first-order valence-electron chi connectivity index (χ1n) is 14.4. The number of aliphatic hydroxyl groups excluding tert-OH is 2. The van der Waals surface area contributed by atoms with Crippen molar-refractivity contribution in [3.63, 3.8) is 0 Å². The molecule has 0 amide bonds. The highest BCUT2D eigenvalue weighted by molar-refractivity contribution is 5.76. The number of carbonyl (C=O) groups is 3. The average Bonchev–Trinajstić information content (AvgIpc) is 3.61. The molecule has 4 saturated carbocycles. The summed E-state index contributed by atoms with van der Waals surface area (Å²) in [5.74, 6) is -7.14. The van der Waals surface area contributed by atoms with Gasteiger partial charge in [0, 0.05) is 47.7 Å². The Morgan fingerprint density at radius 2 is 1.90 bits per heavy atom. The molecule has 2 aliphatic heterocycles. The van der Waals surface area contributed by atoms with E-state index >= 15 is 0 Å². The fourth-order valence-electron chi connectivity index (χ4n) is 11.8. The lowest BCUT2D eigenvalue weighted by atomic mass is 9.45. The second-order valence-electron chi connectivity index (χ2n) is 14.0. The Morgan fingerprint density at radius 1 is 1.19 bits per heavy atom. The highest BCUT2D eigenvalue weighted by Crippen LogP contribution is 2.88. The van der Waals surface area contributed by atoms with Crippen LogP contribution in [0.25, 0.3) is 0 Å². The van der Waals surface area contributed by atoms with Crippen LogP contribution < -0.4 is 0 Å². The molecule has 230 valence electrons. The van der Waals surface area contributed by atoms with Crippen LogP contribution in [0, 0.1) is 34.0 Å². The van der Waals surface area contributed by atoms with Crippen LogP contribution in [0.2, 0.25) is 0 Å². The predicted molar refractivity (Wildman–Crippen MR) is 138 cm³/mol. The van der Waals surface area contributed by atoms with Gasteiger partial charge in [0.1, 0.15) is 29.0 Å². The third-order valence-corrected chi connectivity index (χ3v) is 12.8. The summed E-state index contributed by atoms with van der Waals surface area (Å²) in [5.41, 5.74) is -8.23. The maximum absolute atomic E-state index is 13.5. The summed E-state index contributed by atoms with van der Waals surface area (Å²) in [7, 11) is 2.51. The number of hydrogen-bond acceptors (Lipinski definition) is 12. The van der Waals surface area contributed by atoms with Gasteiger partial charge in [-0.15, -0.1) is 0 Å². The molecule has 12 heteroatoms. The normalized spacial score (nSPS) is 53.7. The van der Waals surface area contributed by atoms with Crippen LogP contribution in [0.4, 0.5) is 0 Å². The van der Waals surface area contributed by atoms with Crippen molar-refractivity contribution in [3.8, 4) is 0 Å². The number of methoxy groups -OCH3 is 2. The lowest BCUT2D eigenvalue weighted by Gasteiger charge is -2.63. The molecule has 6 fully saturated rings. The number of ether oxygens (including phenoxy) is 5. The first kappa shape index (κ1) is 28.3. The van der Waals surface area contributed by atoms with Crippen molar-refractivity contribution in [3.05, 3.63) is 24.2 Å². The molecular weight excluding hydrogens is 552 g/mol. The topological polar surface area (TPSA) is 171 Å². The van der Waals surface area contributed by atoms with E-state index in [9.17, 15) is 29.7 Å². The van der Waals surface area contributed by atoms with E-state index in [0.717, 1.165) is 7.11 Å². The van der Waals surface area contributed by atoms with Gasteiger partial charge in [-0.05, 0) is 25.3 Å². The van der Waals surface area contributed by atoms with E-state index in [-0.39, 0.29) is 12.8 Å². The standard InChI is InChI=1S/C30H38O12/c1-14(31)41-27-13-24(2)19(18(33)21(34)37-5)26(27,4)16-7-9-25(3)20(15-8-10-39-12-15)40-17(32)11-28(25)29(16,36)22(27)30(38-6,42-28)23(24)35/h8,10,12,16,18-20,22-23,33,35-36H,7,9,11,13H2,1-6H3/t16-,18-,19+,20+,22-,23+,24-,25+,26-,27+,28-,29+,30-/m1/s1. The number of rotatable bonds is 5. The van der Waals surface area contributed by atoms with Crippen molar-refractivity contribution >= 4 is 17.9 Å². The largest absolute Gasteiger partial charge is 0.472 e. The van der Waals surface area contributed by atoms with Crippen LogP contribution in [0.5, 0.6) is 0 Å².